The van der Waals surface area contributed by atoms with E-state index < -0.39 is 12.0 Å². The Morgan fingerprint density at radius 2 is 1.68 bits per heavy atom. The van der Waals surface area contributed by atoms with Crippen LogP contribution in [0.1, 0.15) is 17.3 Å². The van der Waals surface area contributed by atoms with Crippen molar-refractivity contribution < 1.29 is 14.7 Å². The van der Waals surface area contributed by atoms with E-state index in [0.29, 0.717) is 11.3 Å². The number of thiazole rings is 1. The minimum Gasteiger partial charge on any atom is -0.479 e. The topological polar surface area (TPSA) is 79.3 Å². The largest absolute Gasteiger partial charge is 0.479 e. The molecule has 0 fully saturated rings. The van der Waals surface area contributed by atoms with Crippen LogP contribution in [0.25, 0.3) is 10.6 Å². The van der Waals surface area contributed by atoms with E-state index in [0.717, 1.165) is 10.6 Å². The molecule has 0 aliphatic heterocycles. The van der Waals surface area contributed by atoms with Gasteiger partial charge in [0, 0.05) is 10.9 Å². The Kier molecular flexibility index (Phi) is 5.20. The zero-order valence-electron chi connectivity index (χ0n) is 13.3. The van der Waals surface area contributed by atoms with Crippen LogP contribution in [0.4, 0.5) is 0 Å². The normalized spacial score (nSPS) is 11.7. The number of amides is 1. The van der Waals surface area contributed by atoms with Gasteiger partial charge in [-0.05, 0) is 5.56 Å². The first-order valence-corrected chi connectivity index (χ1v) is 8.58. The molecule has 0 spiro atoms. The highest BCUT2D eigenvalue weighted by atomic mass is 32.1. The van der Waals surface area contributed by atoms with Gasteiger partial charge in [0.2, 0.25) is 5.91 Å². The number of carbonyl (C=O) groups is 2. The maximum atomic E-state index is 12.2. The monoisotopic (exact) mass is 352 g/mol. The molecule has 1 heterocycles. The predicted molar refractivity (Wildman–Crippen MR) is 96.2 cm³/mol. The number of carboxylic acids is 1. The summed E-state index contributed by atoms with van der Waals surface area (Å²) in [5.41, 5.74) is 2.15. The molecule has 1 aromatic heterocycles. The van der Waals surface area contributed by atoms with E-state index in [-0.39, 0.29) is 12.3 Å². The number of carbonyl (C=O) groups excluding carboxylic acids is 1. The smallest absolute Gasteiger partial charge is 0.330 e. The quantitative estimate of drug-likeness (QED) is 0.713. The first-order valence-electron chi connectivity index (χ1n) is 7.70. The Morgan fingerprint density at radius 1 is 1.04 bits per heavy atom. The standard InChI is InChI=1S/C19H16N2O3S/c22-16(21-17(19(23)24)13-7-3-1-4-8-13)11-15-12-25-18(20-15)14-9-5-2-6-10-14/h1-10,12,17H,11H2,(H,21,22)(H,23,24)/t17-/m1/s1. The highest BCUT2D eigenvalue weighted by Gasteiger charge is 2.22. The van der Waals surface area contributed by atoms with Crippen molar-refractivity contribution in [3.05, 3.63) is 77.3 Å². The lowest BCUT2D eigenvalue weighted by Crippen LogP contribution is -2.34. The van der Waals surface area contributed by atoms with Gasteiger partial charge in [0.25, 0.3) is 0 Å². The van der Waals surface area contributed by atoms with Crippen LogP contribution in [0.2, 0.25) is 0 Å². The summed E-state index contributed by atoms with van der Waals surface area (Å²) < 4.78 is 0. The third-order valence-corrected chi connectivity index (χ3v) is 4.54. The molecule has 0 aliphatic rings. The summed E-state index contributed by atoms with van der Waals surface area (Å²) in [6, 6.07) is 17.3. The first kappa shape index (κ1) is 16.9. The van der Waals surface area contributed by atoms with Crippen molar-refractivity contribution in [2.24, 2.45) is 0 Å². The van der Waals surface area contributed by atoms with Crippen LogP contribution in [-0.4, -0.2) is 22.0 Å². The highest BCUT2D eigenvalue weighted by Crippen LogP contribution is 2.23. The lowest BCUT2D eigenvalue weighted by atomic mass is 10.1. The van der Waals surface area contributed by atoms with Crippen LogP contribution in [-0.2, 0) is 16.0 Å². The molecule has 0 saturated carbocycles. The highest BCUT2D eigenvalue weighted by molar-refractivity contribution is 7.13. The maximum absolute atomic E-state index is 12.2. The molecule has 2 aromatic carbocycles. The molecule has 25 heavy (non-hydrogen) atoms. The molecule has 1 atom stereocenters. The fraction of sp³-hybridized carbons (Fsp3) is 0.105. The summed E-state index contributed by atoms with van der Waals surface area (Å²) >= 11 is 1.46. The molecule has 0 saturated heterocycles. The second-order valence-corrected chi connectivity index (χ2v) is 6.29. The van der Waals surface area contributed by atoms with Crippen molar-refractivity contribution in [2.75, 3.05) is 0 Å². The molecular formula is C19H16N2O3S. The van der Waals surface area contributed by atoms with E-state index in [1.807, 2.05) is 35.7 Å². The minimum atomic E-state index is -1.09. The predicted octanol–water partition coefficient (Wildman–Crippen LogP) is 3.29. The number of nitrogens with zero attached hydrogens (tertiary/aromatic N) is 1. The number of aliphatic carboxylic acids is 1. The SMILES string of the molecule is O=C(Cc1csc(-c2ccccc2)n1)N[C@@H](C(=O)O)c1ccccc1. The van der Waals surface area contributed by atoms with Crippen molar-refractivity contribution in [3.63, 3.8) is 0 Å². The zero-order valence-corrected chi connectivity index (χ0v) is 14.1. The summed E-state index contributed by atoms with van der Waals surface area (Å²) in [7, 11) is 0. The van der Waals surface area contributed by atoms with E-state index >= 15 is 0 Å². The van der Waals surface area contributed by atoms with Crippen molar-refractivity contribution in [1.82, 2.24) is 10.3 Å². The molecule has 0 unspecified atom stereocenters. The number of nitrogens with one attached hydrogen (secondary N) is 1. The second-order valence-electron chi connectivity index (χ2n) is 5.44. The van der Waals surface area contributed by atoms with Gasteiger partial charge < -0.3 is 10.4 Å². The Bertz CT molecular complexity index is 863. The van der Waals surface area contributed by atoms with Crippen molar-refractivity contribution in [3.8, 4) is 10.6 Å². The summed E-state index contributed by atoms with van der Waals surface area (Å²) in [4.78, 5) is 28.1. The van der Waals surface area contributed by atoms with Crippen molar-refractivity contribution in [2.45, 2.75) is 12.5 Å². The maximum Gasteiger partial charge on any atom is 0.330 e. The van der Waals surface area contributed by atoms with E-state index in [4.69, 9.17) is 0 Å². The number of hydrogen-bond acceptors (Lipinski definition) is 4. The van der Waals surface area contributed by atoms with Gasteiger partial charge in [-0.15, -0.1) is 11.3 Å². The van der Waals surface area contributed by atoms with Crippen LogP contribution in [0.5, 0.6) is 0 Å². The average molecular weight is 352 g/mol. The van der Waals surface area contributed by atoms with Crippen LogP contribution >= 0.6 is 11.3 Å². The fourth-order valence-corrected chi connectivity index (χ4v) is 3.24. The summed E-state index contributed by atoms with van der Waals surface area (Å²) in [6.07, 6.45) is 0.0416. The molecular weight excluding hydrogens is 336 g/mol. The molecule has 6 heteroatoms. The van der Waals surface area contributed by atoms with E-state index in [2.05, 4.69) is 10.3 Å². The number of rotatable bonds is 6. The van der Waals surface area contributed by atoms with Gasteiger partial charge in [-0.1, -0.05) is 60.7 Å². The number of benzene rings is 2. The van der Waals surface area contributed by atoms with Gasteiger partial charge in [0.1, 0.15) is 5.01 Å². The average Bonchev–Trinajstić information content (AvgIpc) is 3.09. The number of carboxylic acid groups (broad SMARTS) is 1. The van der Waals surface area contributed by atoms with E-state index in [1.54, 1.807) is 30.3 Å². The third-order valence-electron chi connectivity index (χ3n) is 3.60. The molecule has 0 aliphatic carbocycles. The van der Waals surface area contributed by atoms with Gasteiger partial charge in [-0.2, -0.15) is 0 Å². The molecule has 1 amide bonds. The molecule has 0 bridgehead atoms. The van der Waals surface area contributed by atoms with Gasteiger partial charge in [-0.25, -0.2) is 9.78 Å². The third kappa shape index (κ3) is 4.30. The molecule has 2 N–H and O–H groups in total. The van der Waals surface area contributed by atoms with Crippen molar-refractivity contribution in [1.29, 1.82) is 0 Å². The molecule has 126 valence electrons. The van der Waals surface area contributed by atoms with Gasteiger partial charge in [-0.3, -0.25) is 4.79 Å². The zero-order chi connectivity index (χ0) is 17.6. The molecule has 3 rings (SSSR count). The first-order chi connectivity index (χ1) is 12.1. The molecule has 0 radical (unpaired) electrons. The molecule has 3 aromatic rings. The van der Waals surface area contributed by atoms with E-state index in [9.17, 15) is 14.7 Å². The van der Waals surface area contributed by atoms with Crippen LogP contribution in [0, 0.1) is 0 Å². The Labute approximate surface area is 149 Å². The number of aromatic nitrogens is 1. The van der Waals surface area contributed by atoms with Crippen molar-refractivity contribution >= 4 is 23.2 Å². The Balaban J connectivity index is 1.68. The summed E-state index contributed by atoms with van der Waals surface area (Å²) in [6.45, 7) is 0. The Hall–Kier alpha value is -2.99. The lowest BCUT2D eigenvalue weighted by molar-refractivity contribution is -0.142. The van der Waals surface area contributed by atoms with Crippen LogP contribution in [0.3, 0.4) is 0 Å². The lowest BCUT2D eigenvalue weighted by Gasteiger charge is -2.14. The van der Waals surface area contributed by atoms with Crippen LogP contribution in [0.15, 0.2) is 66.0 Å². The van der Waals surface area contributed by atoms with E-state index in [1.165, 1.54) is 11.3 Å². The molecule has 5 nitrogen and oxygen atoms in total. The number of hydrogen-bond donors (Lipinski definition) is 2. The second kappa shape index (κ2) is 7.72. The Morgan fingerprint density at radius 3 is 2.32 bits per heavy atom. The fourth-order valence-electron chi connectivity index (χ4n) is 2.41. The van der Waals surface area contributed by atoms with Gasteiger partial charge in [0.15, 0.2) is 6.04 Å². The van der Waals surface area contributed by atoms with Gasteiger partial charge >= 0.3 is 5.97 Å². The van der Waals surface area contributed by atoms with Gasteiger partial charge in [0.05, 0.1) is 12.1 Å². The van der Waals surface area contributed by atoms with Crippen LogP contribution < -0.4 is 5.32 Å². The summed E-state index contributed by atoms with van der Waals surface area (Å²) in [5, 5.41) is 14.6. The minimum absolute atomic E-state index is 0.0416. The summed E-state index contributed by atoms with van der Waals surface area (Å²) in [5.74, 6) is -1.47.